The van der Waals surface area contributed by atoms with Crippen LogP contribution >= 0.6 is 23.2 Å². The van der Waals surface area contributed by atoms with Gasteiger partial charge in [-0.05, 0) is 26.3 Å². The van der Waals surface area contributed by atoms with Crippen LogP contribution < -0.4 is 5.32 Å². The zero-order valence-electron chi connectivity index (χ0n) is 18.9. The highest BCUT2D eigenvalue weighted by molar-refractivity contribution is 6.32. The number of carbonyl (C=O) groups excluding carboxylic acids is 1. The number of carbonyl (C=O) groups is 1. The lowest BCUT2D eigenvalue weighted by Crippen LogP contribution is -2.22. The molecule has 0 fully saturated rings. The number of anilines is 1. The van der Waals surface area contributed by atoms with Gasteiger partial charge >= 0.3 is 0 Å². The van der Waals surface area contributed by atoms with Gasteiger partial charge in [0.25, 0.3) is 0 Å². The lowest BCUT2D eigenvalue weighted by atomic mass is 9.88. The van der Waals surface area contributed by atoms with E-state index in [9.17, 15) is 9.90 Å². The Kier molecular flexibility index (Phi) is 5.16. The van der Waals surface area contributed by atoms with Crippen LogP contribution in [-0.4, -0.2) is 45.6 Å². The number of halogens is 2. The normalized spacial score (nSPS) is 17.2. The van der Waals surface area contributed by atoms with Gasteiger partial charge in [-0.3, -0.25) is 4.79 Å². The van der Waals surface area contributed by atoms with Crippen molar-refractivity contribution in [2.75, 3.05) is 5.32 Å². The van der Waals surface area contributed by atoms with Crippen LogP contribution in [0.5, 0.6) is 0 Å². The molecule has 4 aromatic rings. The molecule has 1 amide bonds. The number of hydrogen-bond donors (Lipinski definition) is 2. The van der Waals surface area contributed by atoms with E-state index in [0.29, 0.717) is 28.6 Å². The molecule has 0 unspecified atom stereocenters. The second-order valence-electron chi connectivity index (χ2n) is 9.54. The molecule has 0 saturated heterocycles. The van der Waals surface area contributed by atoms with Crippen molar-refractivity contribution in [3.63, 3.8) is 0 Å². The van der Waals surface area contributed by atoms with E-state index < -0.39 is 11.5 Å². The maximum absolute atomic E-state index is 13.3. The predicted molar refractivity (Wildman–Crippen MR) is 126 cm³/mol. The van der Waals surface area contributed by atoms with Gasteiger partial charge in [-0.1, -0.05) is 37.0 Å². The van der Waals surface area contributed by atoms with Gasteiger partial charge in [0.2, 0.25) is 5.91 Å². The lowest BCUT2D eigenvalue weighted by molar-refractivity contribution is -0.117. The highest BCUT2D eigenvalue weighted by atomic mass is 35.5. The highest BCUT2D eigenvalue weighted by Crippen LogP contribution is 2.46. The van der Waals surface area contributed by atoms with Gasteiger partial charge < -0.3 is 10.4 Å². The largest absolute Gasteiger partial charge is 0.384 e. The Morgan fingerprint density at radius 3 is 2.62 bits per heavy atom. The molecule has 2 N–H and O–H groups in total. The van der Waals surface area contributed by atoms with Crippen LogP contribution in [0.3, 0.4) is 0 Å². The maximum atomic E-state index is 13.3. The summed E-state index contributed by atoms with van der Waals surface area (Å²) in [5.41, 5.74) is 1.74. The summed E-state index contributed by atoms with van der Waals surface area (Å²) < 4.78 is 1.72. The van der Waals surface area contributed by atoms with E-state index in [-0.39, 0.29) is 22.2 Å². The molecule has 4 heterocycles. The first kappa shape index (κ1) is 22.7. The van der Waals surface area contributed by atoms with Crippen molar-refractivity contribution in [1.29, 1.82) is 0 Å². The Morgan fingerprint density at radius 2 is 1.94 bits per heavy atom. The van der Waals surface area contributed by atoms with Gasteiger partial charge in [-0.15, -0.1) is 9.90 Å². The molecule has 0 spiro atoms. The molecule has 4 aromatic heterocycles. The van der Waals surface area contributed by atoms with E-state index in [1.807, 2.05) is 0 Å². The van der Waals surface area contributed by atoms with Crippen molar-refractivity contribution in [1.82, 2.24) is 34.6 Å². The number of fused-ring (bicyclic) bond motifs is 3. The van der Waals surface area contributed by atoms with Crippen LogP contribution in [0.15, 0.2) is 30.7 Å². The molecule has 0 saturated carbocycles. The third-order valence-corrected chi connectivity index (χ3v) is 6.39. The van der Waals surface area contributed by atoms with Crippen LogP contribution in [0.1, 0.15) is 57.0 Å². The molecule has 176 valence electrons. The summed E-state index contributed by atoms with van der Waals surface area (Å²) in [6, 6.07) is 3.28. The molecule has 0 bridgehead atoms. The number of nitrogens with one attached hydrogen (secondary N) is 1. The van der Waals surface area contributed by atoms with Gasteiger partial charge in [0.05, 0.1) is 34.7 Å². The van der Waals surface area contributed by atoms with E-state index in [0.717, 1.165) is 11.3 Å². The first-order valence-corrected chi connectivity index (χ1v) is 11.4. The SMILES string of the molecule is CC(C)(O)c1cnn(-c2ncc(NC(=O)[C@@H]3CC(C)(C)c4c3cnc3cc(Cl)nn43)cc2Cl)n1. The van der Waals surface area contributed by atoms with Gasteiger partial charge in [-0.25, -0.2) is 14.5 Å². The third-order valence-electron chi connectivity index (χ3n) is 5.93. The molecular weight excluding hydrogens is 479 g/mol. The van der Waals surface area contributed by atoms with Crippen LogP contribution in [0.4, 0.5) is 5.69 Å². The van der Waals surface area contributed by atoms with E-state index in [1.165, 1.54) is 17.2 Å². The van der Waals surface area contributed by atoms with Crippen molar-refractivity contribution in [2.45, 2.75) is 51.0 Å². The molecular formula is C22H22Cl2N8O2. The fraction of sp³-hybridized carbons (Fsp3) is 0.364. The second-order valence-corrected chi connectivity index (χ2v) is 10.3. The molecule has 1 aliphatic rings. The van der Waals surface area contributed by atoms with Crippen molar-refractivity contribution < 1.29 is 9.90 Å². The van der Waals surface area contributed by atoms with Crippen molar-refractivity contribution >= 4 is 40.4 Å². The molecule has 1 aliphatic carbocycles. The number of aromatic nitrogens is 7. The molecule has 12 heteroatoms. The molecule has 0 radical (unpaired) electrons. The quantitative estimate of drug-likeness (QED) is 0.438. The van der Waals surface area contributed by atoms with E-state index >= 15 is 0 Å². The summed E-state index contributed by atoms with van der Waals surface area (Å²) in [6.45, 7) is 7.36. The number of amides is 1. The van der Waals surface area contributed by atoms with Crippen molar-refractivity contribution in [3.05, 3.63) is 57.9 Å². The molecule has 5 rings (SSSR count). The number of hydrogen-bond acceptors (Lipinski definition) is 7. The monoisotopic (exact) mass is 500 g/mol. The van der Waals surface area contributed by atoms with E-state index in [4.69, 9.17) is 23.2 Å². The van der Waals surface area contributed by atoms with Crippen LogP contribution in [-0.2, 0) is 15.8 Å². The summed E-state index contributed by atoms with van der Waals surface area (Å²) in [6.07, 6.45) is 5.25. The standard InChI is InChI=1S/C22H22Cl2N8O2/c1-21(2)7-12(13-9-25-17-6-16(24)30-31(17)18(13)21)20(33)28-11-5-14(23)19(26-8-11)32-27-10-15(29-32)22(3,4)34/h5-6,8-10,12,34H,7H2,1-4H3,(H,28,33)/t12-/m1/s1. The minimum atomic E-state index is -1.15. The number of pyridine rings is 1. The minimum Gasteiger partial charge on any atom is -0.384 e. The summed E-state index contributed by atoms with van der Waals surface area (Å²) in [7, 11) is 0. The molecule has 0 aromatic carbocycles. The summed E-state index contributed by atoms with van der Waals surface area (Å²) in [5.74, 6) is -0.339. The fourth-order valence-corrected chi connectivity index (χ4v) is 4.74. The predicted octanol–water partition coefficient (Wildman–Crippen LogP) is 3.64. The number of aliphatic hydroxyl groups is 1. The van der Waals surface area contributed by atoms with E-state index in [2.05, 4.69) is 44.4 Å². The van der Waals surface area contributed by atoms with Crippen molar-refractivity contribution in [3.8, 4) is 5.82 Å². The van der Waals surface area contributed by atoms with Crippen molar-refractivity contribution in [2.24, 2.45) is 0 Å². The summed E-state index contributed by atoms with van der Waals surface area (Å²) >= 11 is 12.5. The Bertz CT molecular complexity index is 1440. The Labute approximate surface area is 204 Å². The number of rotatable bonds is 4. The van der Waals surface area contributed by atoms with Crippen LogP contribution in [0, 0.1) is 0 Å². The van der Waals surface area contributed by atoms with E-state index in [1.54, 1.807) is 36.7 Å². The smallest absolute Gasteiger partial charge is 0.232 e. The zero-order chi connectivity index (χ0) is 24.4. The topological polar surface area (TPSA) is 123 Å². The molecule has 34 heavy (non-hydrogen) atoms. The van der Waals surface area contributed by atoms with Crippen LogP contribution in [0.25, 0.3) is 11.5 Å². The highest BCUT2D eigenvalue weighted by Gasteiger charge is 2.43. The summed E-state index contributed by atoms with van der Waals surface area (Å²) in [4.78, 5) is 23.2. The van der Waals surface area contributed by atoms with Gasteiger partial charge in [-0.2, -0.15) is 10.2 Å². The van der Waals surface area contributed by atoms with Gasteiger partial charge in [0.1, 0.15) is 11.3 Å². The third kappa shape index (κ3) is 3.81. The first-order valence-electron chi connectivity index (χ1n) is 10.6. The Hall–Kier alpha value is -3.08. The second kappa shape index (κ2) is 7.72. The fourth-order valence-electron chi connectivity index (χ4n) is 4.32. The Morgan fingerprint density at radius 1 is 1.18 bits per heavy atom. The minimum absolute atomic E-state index is 0.196. The Balaban J connectivity index is 1.41. The summed E-state index contributed by atoms with van der Waals surface area (Å²) in [5, 5.41) is 26.3. The molecule has 1 atom stereocenters. The molecule has 0 aliphatic heterocycles. The first-order chi connectivity index (χ1) is 15.9. The average Bonchev–Trinajstić information content (AvgIpc) is 3.42. The lowest BCUT2D eigenvalue weighted by Gasteiger charge is -2.19. The zero-order valence-corrected chi connectivity index (χ0v) is 20.4. The average molecular weight is 501 g/mol. The number of nitrogens with zero attached hydrogens (tertiary/aromatic N) is 7. The maximum Gasteiger partial charge on any atom is 0.232 e. The molecule has 10 nitrogen and oxygen atoms in total. The van der Waals surface area contributed by atoms with Gasteiger partial charge in [0.15, 0.2) is 16.6 Å². The van der Waals surface area contributed by atoms with Crippen LogP contribution in [0.2, 0.25) is 10.2 Å². The van der Waals surface area contributed by atoms with Gasteiger partial charge in [0, 0.05) is 23.2 Å².